The molecule has 5 rings (SSSR count). The average molecular weight is 540 g/mol. The Kier molecular flexibility index (Phi) is 8.40. The molecule has 0 fully saturated rings. The number of nitrogens with one attached hydrogen (secondary N) is 1. The van der Waals surface area contributed by atoms with Gasteiger partial charge in [0.1, 0.15) is 29.1 Å². The van der Waals surface area contributed by atoms with Crippen LogP contribution in [-0.4, -0.2) is 55.6 Å². The Morgan fingerprint density at radius 1 is 0.950 bits per heavy atom. The Morgan fingerprint density at radius 3 is 2.60 bits per heavy atom. The molecule has 9 heteroatoms. The molecule has 3 aromatic heterocycles. The van der Waals surface area contributed by atoms with E-state index in [2.05, 4.69) is 51.0 Å². The molecule has 0 amide bonds. The Labute approximate surface area is 235 Å². The van der Waals surface area contributed by atoms with E-state index >= 15 is 0 Å². The number of aryl methyl sites for hydroxylation is 2. The molecular weight excluding hydrogens is 502 g/mol. The van der Waals surface area contributed by atoms with Crippen LogP contribution in [0.15, 0.2) is 61.3 Å². The van der Waals surface area contributed by atoms with E-state index in [4.69, 9.17) is 9.47 Å². The molecule has 208 valence electrons. The number of ether oxygens (including phenoxy) is 2. The molecule has 0 bridgehead atoms. The van der Waals surface area contributed by atoms with Crippen molar-refractivity contribution in [1.29, 1.82) is 0 Å². The summed E-state index contributed by atoms with van der Waals surface area (Å²) >= 11 is 0. The molecule has 3 heterocycles. The zero-order valence-electron chi connectivity index (χ0n) is 23.9. The van der Waals surface area contributed by atoms with Crippen LogP contribution in [-0.2, 0) is 7.05 Å². The third-order valence-corrected chi connectivity index (χ3v) is 7.28. The van der Waals surface area contributed by atoms with Crippen LogP contribution in [0.4, 0.5) is 11.5 Å². The molecule has 0 radical (unpaired) electrons. The summed E-state index contributed by atoms with van der Waals surface area (Å²) in [4.78, 5) is 20.3. The first-order valence-corrected chi connectivity index (χ1v) is 13.9. The van der Waals surface area contributed by atoms with Gasteiger partial charge in [0.2, 0.25) is 0 Å². The molecule has 1 atom stereocenters. The van der Waals surface area contributed by atoms with Gasteiger partial charge < -0.3 is 24.3 Å². The largest absolute Gasteiger partial charge is 0.492 e. The predicted octanol–water partition coefficient (Wildman–Crippen LogP) is 6.65. The van der Waals surface area contributed by atoms with E-state index in [-0.39, 0.29) is 0 Å². The van der Waals surface area contributed by atoms with Crippen molar-refractivity contribution in [2.75, 3.05) is 25.5 Å². The van der Waals surface area contributed by atoms with Gasteiger partial charge in [-0.2, -0.15) is 0 Å². The van der Waals surface area contributed by atoms with Crippen LogP contribution in [0.5, 0.6) is 17.2 Å². The third kappa shape index (κ3) is 6.15. The molecule has 1 N–H and O–H groups in total. The van der Waals surface area contributed by atoms with E-state index in [1.807, 2.05) is 61.0 Å². The zero-order chi connectivity index (χ0) is 28.1. The summed E-state index contributed by atoms with van der Waals surface area (Å²) in [7, 11) is 4.15. The maximum absolute atomic E-state index is 6.16. The smallest absolute Gasteiger partial charge is 0.160 e. The molecule has 0 saturated carbocycles. The van der Waals surface area contributed by atoms with E-state index < -0.39 is 0 Å². The lowest BCUT2D eigenvalue weighted by atomic mass is 10.1. The number of pyridine rings is 1. The minimum Gasteiger partial charge on any atom is -0.492 e. The molecule has 0 aliphatic heterocycles. The van der Waals surface area contributed by atoms with Gasteiger partial charge in [-0.1, -0.05) is 20.3 Å². The average Bonchev–Trinajstić information content (AvgIpc) is 3.33. The van der Waals surface area contributed by atoms with Crippen molar-refractivity contribution in [2.24, 2.45) is 7.05 Å². The Bertz CT molecular complexity index is 1600. The van der Waals surface area contributed by atoms with Crippen molar-refractivity contribution in [3.63, 3.8) is 0 Å². The minimum atomic E-state index is 0.520. The summed E-state index contributed by atoms with van der Waals surface area (Å²) in [5, 5.41) is 3.39. The van der Waals surface area contributed by atoms with Crippen molar-refractivity contribution < 1.29 is 9.47 Å². The number of nitrogens with zero attached hydrogens (tertiary/aromatic N) is 6. The summed E-state index contributed by atoms with van der Waals surface area (Å²) in [5.41, 5.74) is 5.25. The van der Waals surface area contributed by atoms with Crippen LogP contribution in [0.25, 0.3) is 22.1 Å². The third-order valence-electron chi connectivity index (χ3n) is 7.28. The summed E-state index contributed by atoms with van der Waals surface area (Å²) < 4.78 is 14.2. The predicted molar refractivity (Wildman–Crippen MR) is 160 cm³/mol. The van der Waals surface area contributed by atoms with E-state index in [0.29, 0.717) is 29.7 Å². The topological polar surface area (TPSA) is 90.2 Å². The fourth-order valence-corrected chi connectivity index (χ4v) is 4.87. The standard InChI is InChI=1S/C31H37N7O2/c1-6-8-23(37(4)7-2)13-14-39-25-17-27-30(32-18-25)31(34-19-33-27)36-22-9-12-29(21(3)15-22)40-24-10-11-28-26(16-24)35-20-38(28)5/h9-12,15-20,23H,6-8,13-14H2,1-5H3,(H,33,34,36). The van der Waals surface area contributed by atoms with Crippen molar-refractivity contribution in [1.82, 2.24) is 29.4 Å². The van der Waals surface area contributed by atoms with Gasteiger partial charge in [0, 0.05) is 30.9 Å². The van der Waals surface area contributed by atoms with Gasteiger partial charge in [-0.3, -0.25) is 0 Å². The molecule has 9 nitrogen and oxygen atoms in total. The van der Waals surface area contributed by atoms with Crippen molar-refractivity contribution in [2.45, 2.75) is 46.1 Å². The van der Waals surface area contributed by atoms with Crippen LogP contribution in [0, 0.1) is 6.92 Å². The highest BCUT2D eigenvalue weighted by atomic mass is 16.5. The molecule has 5 aromatic rings. The first-order valence-electron chi connectivity index (χ1n) is 13.9. The molecule has 1 unspecified atom stereocenters. The second-order valence-corrected chi connectivity index (χ2v) is 10.1. The lowest BCUT2D eigenvalue weighted by Gasteiger charge is -2.26. The number of imidazole rings is 1. The molecule has 2 aromatic carbocycles. The highest BCUT2D eigenvalue weighted by Crippen LogP contribution is 2.31. The molecule has 0 aliphatic rings. The van der Waals surface area contributed by atoms with Gasteiger partial charge in [0.15, 0.2) is 5.82 Å². The maximum Gasteiger partial charge on any atom is 0.160 e. The van der Waals surface area contributed by atoms with Crippen LogP contribution in [0.1, 0.15) is 38.7 Å². The zero-order valence-corrected chi connectivity index (χ0v) is 23.9. The van der Waals surface area contributed by atoms with E-state index in [1.165, 1.54) is 6.42 Å². The van der Waals surface area contributed by atoms with Crippen LogP contribution >= 0.6 is 0 Å². The van der Waals surface area contributed by atoms with Gasteiger partial charge in [-0.05, 0) is 69.3 Å². The second-order valence-electron chi connectivity index (χ2n) is 10.1. The van der Waals surface area contributed by atoms with Crippen LogP contribution in [0.3, 0.4) is 0 Å². The first-order chi connectivity index (χ1) is 19.4. The SMILES string of the molecule is CCCC(CCOc1cnc2c(Nc3ccc(Oc4ccc5c(c4)ncn5C)c(C)c3)ncnc2c1)N(C)CC. The highest BCUT2D eigenvalue weighted by molar-refractivity contribution is 5.87. The quantitative estimate of drug-likeness (QED) is 0.189. The minimum absolute atomic E-state index is 0.520. The second kappa shape index (κ2) is 12.3. The number of aromatic nitrogens is 5. The van der Waals surface area contributed by atoms with E-state index in [0.717, 1.165) is 58.7 Å². The number of anilines is 2. The van der Waals surface area contributed by atoms with Crippen molar-refractivity contribution in [3.8, 4) is 17.2 Å². The molecule has 40 heavy (non-hydrogen) atoms. The summed E-state index contributed by atoms with van der Waals surface area (Å²) in [5.74, 6) is 2.88. The maximum atomic E-state index is 6.16. The van der Waals surface area contributed by atoms with Gasteiger partial charge >= 0.3 is 0 Å². The van der Waals surface area contributed by atoms with Gasteiger partial charge in [-0.15, -0.1) is 0 Å². The summed E-state index contributed by atoms with van der Waals surface area (Å²) in [6.45, 7) is 8.11. The fraction of sp³-hybridized carbons (Fsp3) is 0.355. The van der Waals surface area contributed by atoms with E-state index in [9.17, 15) is 0 Å². The lowest BCUT2D eigenvalue weighted by molar-refractivity contribution is 0.191. The van der Waals surface area contributed by atoms with Crippen LogP contribution in [0.2, 0.25) is 0 Å². The normalized spacial score (nSPS) is 12.2. The van der Waals surface area contributed by atoms with Crippen molar-refractivity contribution >= 4 is 33.6 Å². The molecule has 0 spiro atoms. The van der Waals surface area contributed by atoms with Gasteiger partial charge in [0.05, 0.1) is 35.7 Å². The summed E-state index contributed by atoms with van der Waals surface area (Å²) in [6.07, 6.45) is 8.40. The summed E-state index contributed by atoms with van der Waals surface area (Å²) in [6, 6.07) is 14.3. The number of fused-ring (bicyclic) bond motifs is 2. The number of hydrogen-bond acceptors (Lipinski definition) is 8. The molecule has 0 saturated heterocycles. The Morgan fingerprint density at radius 2 is 1.80 bits per heavy atom. The number of hydrogen-bond donors (Lipinski definition) is 1. The van der Waals surface area contributed by atoms with E-state index in [1.54, 1.807) is 18.9 Å². The number of rotatable bonds is 12. The molecule has 0 aliphatic carbocycles. The fourth-order valence-electron chi connectivity index (χ4n) is 4.87. The first kappa shape index (κ1) is 27.3. The highest BCUT2D eigenvalue weighted by Gasteiger charge is 2.14. The Balaban J connectivity index is 1.26. The lowest BCUT2D eigenvalue weighted by Crippen LogP contribution is -2.32. The van der Waals surface area contributed by atoms with Gasteiger partial charge in [0.25, 0.3) is 0 Å². The van der Waals surface area contributed by atoms with Gasteiger partial charge in [-0.25, -0.2) is 19.9 Å². The monoisotopic (exact) mass is 539 g/mol. The van der Waals surface area contributed by atoms with Crippen LogP contribution < -0.4 is 14.8 Å². The van der Waals surface area contributed by atoms with Crippen molar-refractivity contribution in [3.05, 3.63) is 66.9 Å². The Hall–Kier alpha value is -4.24. The molecular formula is C31H37N7O2. The number of benzene rings is 2.